The van der Waals surface area contributed by atoms with Gasteiger partial charge in [0, 0.05) is 30.9 Å². The second kappa shape index (κ2) is 5.95. The Morgan fingerprint density at radius 3 is 2.14 bits per heavy atom. The summed E-state index contributed by atoms with van der Waals surface area (Å²) in [6.07, 6.45) is 0. The van der Waals surface area contributed by atoms with Gasteiger partial charge in [0.05, 0.1) is 25.6 Å². The van der Waals surface area contributed by atoms with Gasteiger partial charge in [-0.25, -0.2) is 0 Å². The smallest absolute Gasteiger partial charge is 0.152 e. The standard InChI is InChI=1S/C15H22N4O2/c1-9(2)14-13(16)15(19(3)18-14)17-10-6-11(20-4)8-12(7-10)21-5/h6-9,17H,16H2,1-5H3. The highest BCUT2D eigenvalue weighted by atomic mass is 16.5. The van der Waals surface area contributed by atoms with Crippen molar-refractivity contribution in [3.8, 4) is 11.5 Å². The van der Waals surface area contributed by atoms with E-state index in [1.54, 1.807) is 18.9 Å². The second-order valence-electron chi connectivity index (χ2n) is 5.15. The van der Waals surface area contributed by atoms with Crippen LogP contribution in [-0.4, -0.2) is 24.0 Å². The van der Waals surface area contributed by atoms with Crippen LogP contribution >= 0.6 is 0 Å². The maximum atomic E-state index is 6.19. The number of hydrogen-bond acceptors (Lipinski definition) is 5. The molecule has 0 spiro atoms. The first-order valence-corrected chi connectivity index (χ1v) is 6.78. The van der Waals surface area contributed by atoms with Crippen molar-refractivity contribution in [1.29, 1.82) is 0 Å². The Morgan fingerprint density at radius 1 is 1.14 bits per heavy atom. The van der Waals surface area contributed by atoms with Crippen molar-refractivity contribution in [2.75, 3.05) is 25.3 Å². The number of ether oxygens (including phenoxy) is 2. The average Bonchev–Trinajstić information content (AvgIpc) is 2.75. The van der Waals surface area contributed by atoms with Gasteiger partial charge in [-0.3, -0.25) is 4.68 Å². The summed E-state index contributed by atoms with van der Waals surface area (Å²) in [4.78, 5) is 0. The number of anilines is 3. The molecular formula is C15H22N4O2. The molecule has 0 bridgehead atoms. The Labute approximate surface area is 124 Å². The lowest BCUT2D eigenvalue weighted by Crippen LogP contribution is -2.02. The SMILES string of the molecule is COc1cc(Nc2c(N)c(C(C)C)nn2C)cc(OC)c1. The molecular weight excluding hydrogens is 268 g/mol. The van der Waals surface area contributed by atoms with Gasteiger partial charge in [0.15, 0.2) is 5.82 Å². The number of hydrogen-bond donors (Lipinski definition) is 2. The molecule has 0 radical (unpaired) electrons. The van der Waals surface area contributed by atoms with E-state index < -0.39 is 0 Å². The number of aryl methyl sites for hydroxylation is 1. The third-order valence-electron chi connectivity index (χ3n) is 3.27. The third kappa shape index (κ3) is 3.04. The molecule has 0 unspecified atom stereocenters. The molecule has 2 aromatic rings. The predicted octanol–water partition coefficient (Wildman–Crippen LogP) is 2.89. The molecule has 0 saturated heterocycles. The van der Waals surface area contributed by atoms with Crippen molar-refractivity contribution >= 4 is 17.2 Å². The Morgan fingerprint density at radius 2 is 1.71 bits per heavy atom. The third-order valence-corrected chi connectivity index (χ3v) is 3.27. The number of nitrogens with two attached hydrogens (primary N) is 1. The summed E-state index contributed by atoms with van der Waals surface area (Å²) >= 11 is 0. The van der Waals surface area contributed by atoms with E-state index in [0.717, 1.165) is 17.2 Å². The number of nitrogens with zero attached hydrogens (tertiary/aromatic N) is 2. The van der Waals surface area contributed by atoms with Crippen LogP contribution in [0.1, 0.15) is 25.5 Å². The van der Waals surface area contributed by atoms with E-state index in [9.17, 15) is 0 Å². The Balaban J connectivity index is 2.38. The number of nitrogen functional groups attached to an aromatic ring is 1. The van der Waals surface area contributed by atoms with Crippen LogP contribution in [0.2, 0.25) is 0 Å². The predicted molar refractivity (Wildman–Crippen MR) is 84.5 cm³/mol. The number of rotatable bonds is 5. The second-order valence-corrected chi connectivity index (χ2v) is 5.15. The molecule has 0 fully saturated rings. The molecule has 114 valence electrons. The maximum Gasteiger partial charge on any atom is 0.152 e. The lowest BCUT2D eigenvalue weighted by atomic mass is 10.1. The molecule has 0 amide bonds. The number of nitrogens with one attached hydrogen (secondary N) is 1. The highest BCUT2D eigenvalue weighted by Crippen LogP contribution is 2.32. The van der Waals surface area contributed by atoms with Crippen molar-refractivity contribution in [3.05, 3.63) is 23.9 Å². The van der Waals surface area contributed by atoms with Crippen molar-refractivity contribution < 1.29 is 9.47 Å². The molecule has 6 heteroatoms. The van der Waals surface area contributed by atoms with Crippen LogP contribution in [0.15, 0.2) is 18.2 Å². The van der Waals surface area contributed by atoms with Crippen molar-refractivity contribution in [3.63, 3.8) is 0 Å². The fourth-order valence-electron chi connectivity index (χ4n) is 2.15. The summed E-state index contributed by atoms with van der Waals surface area (Å²) < 4.78 is 12.3. The fraction of sp³-hybridized carbons (Fsp3) is 0.400. The van der Waals surface area contributed by atoms with E-state index in [1.807, 2.05) is 25.2 Å². The van der Waals surface area contributed by atoms with Crippen molar-refractivity contribution in [2.45, 2.75) is 19.8 Å². The van der Waals surface area contributed by atoms with Gasteiger partial charge in [-0.1, -0.05) is 13.8 Å². The molecule has 1 aromatic heterocycles. The summed E-state index contributed by atoms with van der Waals surface area (Å²) in [5.41, 5.74) is 8.56. The quantitative estimate of drug-likeness (QED) is 0.885. The topological polar surface area (TPSA) is 74.3 Å². The zero-order valence-electron chi connectivity index (χ0n) is 13.1. The van der Waals surface area contributed by atoms with E-state index in [2.05, 4.69) is 24.3 Å². The molecule has 1 aromatic carbocycles. The monoisotopic (exact) mass is 290 g/mol. The minimum absolute atomic E-state index is 0.270. The molecule has 0 aliphatic carbocycles. The maximum absolute atomic E-state index is 6.19. The lowest BCUT2D eigenvalue weighted by Gasteiger charge is -2.11. The van der Waals surface area contributed by atoms with Gasteiger partial charge in [-0.05, 0) is 5.92 Å². The normalized spacial score (nSPS) is 10.8. The summed E-state index contributed by atoms with van der Waals surface area (Å²) in [6, 6.07) is 5.57. The van der Waals surface area contributed by atoms with Gasteiger partial charge in [-0.15, -0.1) is 0 Å². The van der Waals surface area contributed by atoms with Crippen LogP contribution in [0.4, 0.5) is 17.2 Å². The molecule has 6 nitrogen and oxygen atoms in total. The lowest BCUT2D eigenvalue weighted by molar-refractivity contribution is 0.395. The molecule has 21 heavy (non-hydrogen) atoms. The first kappa shape index (κ1) is 15.0. The van der Waals surface area contributed by atoms with Crippen LogP contribution in [0.5, 0.6) is 11.5 Å². The summed E-state index contributed by atoms with van der Waals surface area (Å²) in [7, 11) is 5.10. The van der Waals surface area contributed by atoms with Crippen molar-refractivity contribution in [1.82, 2.24) is 9.78 Å². The molecule has 3 N–H and O–H groups in total. The van der Waals surface area contributed by atoms with Gasteiger partial charge >= 0.3 is 0 Å². The Kier molecular flexibility index (Phi) is 4.26. The minimum atomic E-state index is 0.270. The van der Waals surface area contributed by atoms with Gasteiger partial charge in [0.1, 0.15) is 11.5 Å². The molecule has 0 saturated carbocycles. The van der Waals surface area contributed by atoms with Crippen LogP contribution in [0, 0.1) is 0 Å². The Hall–Kier alpha value is -2.37. The zero-order valence-corrected chi connectivity index (χ0v) is 13.1. The van der Waals surface area contributed by atoms with E-state index in [4.69, 9.17) is 15.2 Å². The number of benzene rings is 1. The van der Waals surface area contributed by atoms with Gasteiger partial charge in [-0.2, -0.15) is 5.10 Å². The average molecular weight is 290 g/mol. The van der Waals surface area contributed by atoms with Gasteiger partial charge in [0.2, 0.25) is 0 Å². The van der Waals surface area contributed by atoms with Gasteiger partial charge in [0.25, 0.3) is 0 Å². The van der Waals surface area contributed by atoms with E-state index in [-0.39, 0.29) is 5.92 Å². The van der Waals surface area contributed by atoms with Crippen LogP contribution in [0.25, 0.3) is 0 Å². The van der Waals surface area contributed by atoms with E-state index >= 15 is 0 Å². The van der Waals surface area contributed by atoms with Crippen LogP contribution < -0.4 is 20.5 Å². The molecule has 0 aliphatic heterocycles. The largest absolute Gasteiger partial charge is 0.497 e. The van der Waals surface area contributed by atoms with Crippen molar-refractivity contribution in [2.24, 2.45) is 7.05 Å². The zero-order chi connectivity index (χ0) is 15.6. The molecule has 2 rings (SSSR count). The first-order chi connectivity index (χ1) is 9.96. The highest BCUT2D eigenvalue weighted by molar-refractivity contribution is 5.73. The summed E-state index contributed by atoms with van der Waals surface area (Å²) in [5.74, 6) is 2.45. The highest BCUT2D eigenvalue weighted by Gasteiger charge is 2.16. The van der Waals surface area contributed by atoms with E-state index in [1.165, 1.54) is 0 Å². The summed E-state index contributed by atoms with van der Waals surface area (Å²) in [5, 5.41) is 7.74. The van der Waals surface area contributed by atoms with Crippen LogP contribution in [-0.2, 0) is 7.05 Å². The molecule has 0 aliphatic rings. The number of methoxy groups -OCH3 is 2. The molecule has 1 heterocycles. The number of aromatic nitrogens is 2. The summed E-state index contributed by atoms with van der Waals surface area (Å²) in [6.45, 7) is 4.13. The van der Waals surface area contributed by atoms with Gasteiger partial charge < -0.3 is 20.5 Å². The Bertz CT molecular complexity index is 613. The van der Waals surface area contributed by atoms with E-state index in [0.29, 0.717) is 17.2 Å². The van der Waals surface area contributed by atoms with Crippen LogP contribution in [0.3, 0.4) is 0 Å². The first-order valence-electron chi connectivity index (χ1n) is 6.78. The fourth-order valence-corrected chi connectivity index (χ4v) is 2.15. The minimum Gasteiger partial charge on any atom is -0.497 e. The molecule has 0 atom stereocenters.